The van der Waals surface area contributed by atoms with Crippen molar-refractivity contribution in [3.05, 3.63) is 23.3 Å². The topological polar surface area (TPSA) is 20.2 Å². The predicted octanol–water partition coefficient (Wildman–Crippen LogP) is 5.65. The van der Waals surface area contributed by atoms with E-state index < -0.39 is 0 Å². The molecule has 1 heteroatoms. The first-order valence-electron chi connectivity index (χ1n) is 10.2. The zero-order valence-corrected chi connectivity index (χ0v) is 15.1. The standard InChI is InChI=1S/C22H34O/c1-3-4-5-16-7-11-21-20-9-6-15-14-17(23)8-10-18(15)19(20)12-13-22(16,21)2/h5,14,17-21,23H,3-4,6-13H2,1-2H3/b16-5-/t17-,18-,19?,20?,21?,22+/m0/s1. The van der Waals surface area contributed by atoms with Crippen molar-refractivity contribution in [1.29, 1.82) is 0 Å². The molecular weight excluding hydrogens is 280 g/mol. The van der Waals surface area contributed by atoms with Gasteiger partial charge in [0, 0.05) is 0 Å². The second kappa shape index (κ2) is 6.06. The van der Waals surface area contributed by atoms with E-state index in [1.54, 1.807) is 5.57 Å². The molecular formula is C22H34O. The Hall–Kier alpha value is -0.560. The highest BCUT2D eigenvalue weighted by Crippen LogP contribution is 2.63. The lowest BCUT2D eigenvalue weighted by molar-refractivity contribution is 0.00822. The second-order valence-electron chi connectivity index (χ2n) is 8.98. The fourth-order valence-corrected chi connectivity index (χ4v) is 6.81. The van der Waals surface area contributed by atoms with Crippen LogP contribution in [0.25, 0.3) is 0 Å². The van der Waals surface area contributed by atoms with Gasteiger partial charge in [0.25, 0.3) is 0 Å². The van der Waals surface area contributed by atoms with Gasteiger partial charge < -0.3 is 5.11 Å². The third-order valence-corrected chi connectivity index (χ3v) is 7.96. The highest BCUT2D eigenvalue weighted by molar-refractivity contribution is 5.26. The van der Waals surface area contributed by atoms with Gasteiger partial charge in [0.15, 0.2) is 0 Å². The largest absolute Gasteiger partial charge is 0.389 e. The molecule has 1 N–H and O–H groups in total. The van der Waals surface area contributed by atoms with Gasteiger partial charge in [-0.15, -0.1) is 0 Å². The number of allylic oxidation sites excluding steroid dienone is 3. The van der Waals surface area contributed by atoms with Crippen molar-refractivity contribution in [2.75, 3.05) is 0 Å². The van der Waals surface area contributed by atoms with Crippen LogP contribution in [0.2, 0.25) is 0 Å². The van der Waals surface area contributed by atoms with Crippen molar-refractivity contribution in [1.82, 2.24) is 0 Å². The van der Waals surface area contributed by atoms with Crippen LogP contribution >= 0.6 is 0 Å². The maximum atomic E-state index is 9.97. The Morgan fingerprint density at radius 1 is 1.13 bits per heavy atom. The lowest BCUT2D eigenvalue weighted by Gasteiger charge is -2.53. The van der Waals surface area contributed by atoms with Gasteiger partial charge in [-0.2, -0.15) is 0 Å². The van der Waals surface area contributed by atoms with E-state index in [9.17, 15) is 5.11 Å². The average Bonchev–Trinajstić information content (AvgIpc) is 2.89. The molecule has 0 spiro atoms. The maximum absolute atomic E-state index is 9.97. The number of hydrogen-bond acceptors (Lipinski definition) is 1. The van der Waals surface area contributed by atoms with E-state index in [1.807, 2.05) is 5.57 Å². The Bertz CT molecular complexity index is 516. The highest BCUT2D eigenvalue weighted by Gasteiger charge is 2.54. The van der Waals surface area contributed by atoms with Gasteiger partial charge in [-0.05, 0) is 86.9 Å². The van der Waals surface area contributed by atoms with Gasteiger partial charge in [0.05, 0.1) is 6.10 Å². The Morgan fingerprint density at radius 3 is 2.83 bits per heavy atom. The first kappa shape index (κ1) is 15.9. The molecule has 0 aliphatic heterocycles. The molecule has 4 aliphatic carbocycles. The molecule has 0 heterocycles. The summed E-state index contributed by atoms with van der Waals surface area (Å²) in [5.41, 5.74) is 3.95. The molecule has 0 saturated heterocycles. The van der Waals surface area contributed by atoms with Crippen LogP contribution in [0.5, 0.6) is 0 Å². The SMILES string of the molecule is CCC/C=C1/CCC2C3CCC4=C[C@@H](O)CC[C@@H]4C3CC[C@]12C. The van der Waals surface area contributed by atoms with Crippen LogP contribution in [0.4, 0.5) is 0 Å². The number of aliphatic hydroxyl groups excluding tert-OH is 1. The van der Waals surface area contributed by atoms with Crippen LogP contribution in [0.15, 0.2) is 23.3 Å². The highest BCUT2D eigenvalue weighted by atomic mass is 16.3. The molecule has 3 fully saturated rings. The molecule has 23 heavy (non-hydrogen) atoms. The summed E-state index contributed by atoms with van der Waals surface area (Å²) in [7, 11) is 0. The van der Waals surface area contributed by atoms with E-state index >= 15 is 0 Å². The van der Waals surface area contributed by atoms with Crippen LogP contribution in [0.3, 0.4) is 0 Å². The summed E-state index contributed by atoms with van der Waals surface area (Å²) in [6, 6.07) is 0. The van der Waals surface area contributed by atoms with Crippen molar-refractivity contribution < 1.29 is 5.11 Å². The van der Waals surface area contributed by atoms with Crippen molar-refractivity contribution in [3.8, 4) is 0 Å². The van der Waals surface area contributed by atoms with E-state index in [4.69, 9.17) is 0 Å². The molecule has 3 unspecified atom stereocenters. The Labute approximate surface area is 142 Å². The lowest BCUT2D eigenvalue weighted by Crippen LogP contribution is -2.45. The van der Waals surface area contributed by atoms with Crippen molar-refractivity contribution in [2.45, 2.75) is 84.2 Å². The molecule has 0 aromatic carbocycles. The zero-order valence-electron chi connectivity index (χ0n) is 15.1. The van der Waals surface area contributed by atoms with E-state index in [0.29, 0.717) is 5.41 Å². The first-order valence-corrected chi connectivity index (χ1v) is 10.2. The number of rotatable bonds is 2. The lowest BCUT2D eigenvalue weighted by atomic mass is 9.52. The molecule has 0 aromatic rings. The fourth-order valence-electron chi connectivity index (χ4n) is 6.81. The minimum Gasteiger partial charge on any atom is -0.389 e. The van der Waals surface area contributed by atoms with Crippen LogP contribution in [0.1, 0.15) is 78.1 Å². The molecule has 0 amide bonds. The Kier molecular flexibility index (Phi) is 4.20. The molecule has 128 valence electrons. The van der Waals surface area contributed by atoms with Crippen LogP contribution < -0.4 is 0 Å². The summed E-state index contributed by atoms with van der Waals surface area (Å²) in [6.45, 7) is 4.90. The molecule has 6 atom stereocenters. The molecule has 0 radical (unpaired) electrons. The maximum Gasteiger partial charge on any atom is 0.0723 e. The van der Waals surface area contributed by atoms with Gasteiger partial charge in [-0.1, -0.05) is 43.6 Å². The second-order valence-corrected chi connectivity index (χ2v) is 8.98. The van der Waals surface area contributed by atoms with Crippen LogP contribution in [-0.2, 0) is 0 Å². The molecule has 1 nitrogen and oxygen atoms in total. The number of unbranched alkanes of at least 4 members (excludes halogenated alkanes) is 1. The Balaban J connectivity index is 1.57. The van der Waals surface area contributed by atoms with E-state index in [2.05, 4.69) is 26.0 Å². The van der Waals surface area contributed by atoms with Crippen LogP contribution in [0, 0.1) is 29.1 Å². The molecule has 0 bridgehead atoms. The minimum atomic E-state index is -0.151. The van der Waals surface area contributed by atoms with Gasteiger partial charge in [0.1, 0.15) is 0 Å². The van der Waals surface area contributed by atoms with E-state index in [1.165, 1.54) is 57.8 Å². The predicted molar refractivity (Wildman–Crippen MR) is 96.1 cm³/mol. The first-order chi connectivity index (χ1) is 11.1. The van der Waals surface area contributed by atoms with Crippen molar-refractivity contribution in [3.63, 3.8) is 0 Å². The minimum absolute atomic E-state index is 0.151. The Morgan fingerprint density at radius 2 is 2.00 bits per heavy atom. The smallest absolute Gasteiger partial charge is 0.0723 e. The molecule has 4 rings (SSSR count). The molecule has 3 saturated carbocycles. The fraction of sp³-hybridized carbons (Fsp3) is 0.818. The number of hydrogen-bond donors (Lipinski definition) is 1. The molecule has 0 aromatic heterocycles. The summed E-state index contributed by atoms with van der Waals surface area (Å²) in [5.74, 6) is 3.63. The summed E-state index contributed by atoms with van der Waals surface area (Å²) < 4.78 is 0. The normalized spacial score (nSPS) is 47.7. The monoisotopic (exact) mass is 314 g/mol. The van der Waals surface area contributed by atoms with E-state index in [0.717, 1.165) is 30.1 Å². The summed E-state index contributed by atoms with van der Waals surface area (Å²) in [5, 5.41) is 9.97. The number of aliphatic hydroxyl groups is 1. The quantitative estimate of drug-likeness (QED) is 0.653. The van der Waals surface area contributed by atoms with Crippen molar-refractivity contribution in [2.24, 2.45) is 29.1 Å². The van der Waals surface area contributed by atoms with Gasteiger partial charge in [-0.25, -0.2) is 0 Å². The van der Waals surface area contributed by atoms with E-state index in [-0.39, 0.29) is 6.10 Å². The number of fused-ring (bicyclic) bond motifs is 5. The van der Waals surface area contributed by atoms with Gasteiger partial charge >= 0.3 is 0 Å². The average molecular weight is 315 g/mol. The molecule has 4 aliphatic rings. The zero-order chi connectivity index (χ0) is 16.0. The summed E-state index contributed by atoms with van der Waals surface area (Å²) in [4.78, 5) is 0. The van der Waals surface area contributed by atoms with Gasteiger partial charge in [-0.3, -0.25) is 0 Å². The third kappa shape index (κ3) is 2.54. The third-order valence-electron chi connectivity index (χ3n) is 7.96. The summed E-state index contributed by atoms with van der Waals surface area (Å²) >= 11 is 0. The van der Waals surface area contributed by atoms with Crippen molar-refractivity contribution >= 4 is 0 Å². The summed E-state index contributed by atoms with van der Waals surface area (Å²) in [6.07, 6.45) is 17.8. The van der Waals surface area contributed by atoms with Gasteiger partial charge in [0.2, 0.25) is 0 Å². The van der Waals surface area contributed by atoms with Crippen LogP contribution in [-0.4, -0.2) is 11.2 Å².